The van der Waals surface area contributed by atoms with Crippen LogP contribution in [0.25, 0.3) is 0 Å². The van der Waals surface area contributed by atoms with E-state index in [1.54, 1.807) is 0 Å². The van der Waals surface area contributed by atoms with Crippen molar-refractivity contribution in [1.82, 2.24) is 15.1 Å². The summed E-state index contributed by atoms with van der Waals surface area (Å²) in [6.45, 7) is 2.60. The molecule has 2 N–H and O–H groups in total. The molecule has 6 heteroatoms. The molecule has 104 valence electrons. The van der Waals surface area contributed by atoms with Gasteiger partial charge in [-0.1, -0.05) is 0 Å². The normalized spacial score (nSPS) is 17.4. The molecule has 0 radical (unpaired) electrons. The highest BCUT2D eigenvalue weighted by molar-refractivity contribution is 5.79. The Bertz CT molecular complexity index is 288. The summed E-state index contributed by atoms with van der Waals surface area (Å²) in [5.74, 6) is -0.325. The predicted molar refractivity (Wildman–Crippen MR) is 68.5 cm³/mol. The highest BCUT2D eigenvalue weighted by Gasteiger charge is 2.17. The number of carboxylic acid groups (broad SMARTS) is 1. The summed E-state index contributed by atoms with van der Waals surface area (Å²) in [6.07, 6.45) is 3.33. The SMILES string of the molecule is CN1CCC(CCNC(=O)N(C)CC(=O)O)CC1. The first-order valence-electron chi connectivity index (χ1n) is 6.38. The first-order valence-corrected chi connectivity index (χ1v) is 6.38. The van der Waals surface area contributed by atoms with E-state index in [-0.39, 0.29) is 12.6 Å². The van der Waals surface area contributed by atoms with Crippen molar-refractivity contribution >= 4 is 12.0 Å². The standard InChI is InChI=1S/C12H23N3O3/c1-14-7-4-10(5-8-14)3-6-13-12(18)15(2)9-11(16)17/h10H,3-9H2,1-2H3,(H,13,18)(H,16,17). The number of likely N-dealkylation sites (tertiary alicyclic amines) is 1. The van der Waals surface area contributed by atoms with Gasteiger partial charge in [-0.05, 0) is 45.3 Å². The van der Waals surface area contributed by atoms with E-state index in [2.05, 4.69) is 17.3 Å². The third kappa shape index (κ3) is 5.35. The van der Waals surface area contributed by atoms with Crippen molar-refractivity contribution in [2.45, 2.75) is 19.3 Å². The minimum Gasteiger partial charge on any atom is -0.480 e. The third-order valence-electron chi connectivity index (χ3n) is 3.39. The fourth-order valence-electron chi connectivity index (χ4n) is 2.14. The summed E-state index contributed by atoms with van der Waals surface area (Å²) in [5, 5.41) is 11.3. The van der Waals surface area contributed by atoms with Gasteiger partial charge in [0.1, 0.15) is 6.54 Å². The minimum absolute atomic E-state index is 0.264. The molecular weight excluding hydrogens is 234 g/mol. The maximum atomic E-state index is 11.5. The average Bonchev–Trinajstić information content (AvgIpc) is 2.30. The quantitative estimate of drug-likeness (QED) is 0.750. The van der Waals surface area contributed by atoms with Crippen LogP contribution in [0.4, 0.5) is 4.79 Å². The first kappa shape index (κ1) is 14.8. The Morgan fingerprint density at radius 2 is 2.00 bits per heavy atom. The molecule has 1 saturated heterocycles. The van der Waals surface area contributed by atoms with Crippen molar-refractivity contribution in [3.05, 3.63) is 0 Å². The van der Waals surface area contributed by atoms with Crippen LogP contribution in [0.1, 0.15) is 19.3 Å². The van der Waals surface area contributed by atoms with Gasteiger partial charge in [-0.25, -0.2) is 4.79 Å². The number of likely N-dealkylation sites (N-methyl/N-ethyl adjacent to an activating group) is 1. The van der Waals surface area contributed by atoms with Crippen molar-refractivity contribution < 1.29 is 14.7 Å². The molecule has 1 aliphatic heterocycles. The Balaban J connectivity index is 2.13. The molecule has 6 nitrogen and oxygen atoms in total. The van der Waals surface area contributed by atoms with E-state index in [1.165, 1.54) is 24.8 Å². The number of hydrogen-bond donors (Lipinski definition) is 2. The summed E-state index contributed by atoms with van der Waals surface area (Å²) in [4.78, 5) is 25.4. The summed E-state index contributed by atoms with van der Waals surface area (Å²) in [7, 11) is 3.61. The molecule has 0 unspecified atom stereocenters. The monoisotopic (exact) mass is 257 g/mol. The first-order chi connectivity index (χ1) is 8.49. The number of amides is 2. The van der Waals surface area contributed by atoms with Crippen molar-refractivity contribution in [1.29, 1.82) is 0 Å². The van der Waals surface area contributed by atoms with E-state index in [0.717, 1.165) is 19.5 Å². The number of nitrogens with one attached hydrogen (secondary N) is 1. The average molecular weight is 257 g/mol. The number of piperidine rings is 1. The number of carbonyl (C=O) groups is 2. The molecule has 0 aromatic rings. The maximum absolute atomic E-state index is 11.5. The van der Waals surface area contributed by atoms with E-state index >= 15 is 0 Å². The molecule has 0 aromatic carbocycles. The summed E-state index contributed by atoms with van der Waals surface area (Å²) in [5.41, 5.74) is 0. The molecule has 1 rings (SSSR count). The molecule has 0 spiro atoms. The smallest absolute Gasteiger partial charge is 0.323 e. The van der Waals surface area contributed by atoms with Gasteiger partial charge in [0, 0.05) is 13.6 Å². The van der Waals surface area contributed by atoms with Crippen LogP contribution >= 0.6 is 0 Å². The summed E-state index contributed by atoms with van der Waals surface area (Å²) in [6, 6.07) is -0.315. The fraction of sp³-hybridized carbons (Fsp3) is 0.833. The molecule has 0 aromatic heterocycles. The highest BCUT2D eigenvalue weighted by Crippen LogP contribution is 2.18. The Morgan fingerprint density at radius 3 is 2.56 bits per heavy atom. The van der Waals surface area contributed by atoms with Crippen LogP contribution < -0.4 is 5.32 Å². The molecule has 0 bridgehead atoms. The highest BCUT2D eigenvalue weighted by atomic mass is 16.4. The van der Waals surface area contributed by atoms with Crippen molar-refractivity contribution in [2.75, 3.05) is 40.3 Å². The van der Waals surface area contributed by atoms with Gasteiger partial charge >= 0.3 is 12.0 Å². The van der Waals surface area contributed by atoms with Crippen LogP contribution in [0.5, 0.6) is 0 Å². The van der Waals surface area contributed by atoms with Crippen LogP contribution in [0.3, 0.4) is 0 Å². The second-order valence-electron chi connectivity index (χ2n) is 5.02. The van der Waals surface area contributed by atoms with E-state index < -0.39 is 5.97 Å². The van der Waals surface area contributed by atoms with Crippen LogP contribution in [0.2, 0.25) is 0 Å². The lowest BCUT2D eigenvalue weighted by atomic mass is 9.94. The van der Waals surface area contributed by atoms with E-state index in [1.807, 2.05) is 0 Å². The van der Waals surface area contributed by atoms with Crippen molar-refractivity contribution in [3.63, 3.8) is 0 Å². The molecule has 1 fully saturated rings. The lowest BCUT2D eigenvalue weighted by Gasteiger charge is -2.29. The minimum atomic E-state index is -0.997. The Labute approximate surface area is 108 Å². The molecule has 0 aliphatic carbocycles. The van der Waals surface area contributed by atoms with Gasteiger partial charge in [-0.15, -0.1) is 0 Å². The van der Waals surface area contributed by atoms with E-state index in [4.69, 9.17) is 5.11 Å². The van der Waals surface area contributed by atoms with Crippen LogP contribution in [-0.4, -0.2) is 67.2 Å². The Kier molecular flexibility index (Phi) is 5.91. The van der Waals surface area contributed by atoms with Crippen LogP contribution in [-0.2, 0) is 4.79 Å². The van der Waals surface area contributed by atoms with E-state index in [0.29, 0.717) is 12.5 Å². The number of nitrogens with zero attached hydrogens (tertiary/aromatic N) is 2. The summed E-state index contributed by atoms with van der Waals surface area (Å²) < 4.78 is 0. The van der Waals surface area contributed by atoms with Gasteiger partial charge in [0.15, 0.2) is 0 Å². The van der Waals surface area contributed by atoms with Gasteiger partial charge in [0.25, 0.3) is 0 Å². The Morgan fingerprint density at radius 1 is 1.39 bits per heavy atom. The molecule has 2 amide bonds. The van der Waals surface area contributed by atoms with Crippen molar-refractivity contribution in [3.8, 4) is 0 Å². The lowest BCUT2D eigenvalue weighted by molar-refractivity contribution is -0.137. The molecule has 0 atom stereocenters. The van der Waals surface area contributed by atoms with Gasteiger partial charge < -0.3 is 20.2 Å². The molecular formula is C12H23N3O3. The second kappa shape index (κ2) is 7.20. The second-order valence-corrected chi connectivity index (χ2v) is 5.02. The van der Waals surface area contributed by atoms with Gasteiger partial charge in [-0.2, -0.15) is 0 Å². The van der Waals surface area contributed by atoms with Crippen LogP contribution in [0, 0.1) is 5.92 Å². The molecule has 18 heavy (non-hydrogen) atoms. The van der Waals surface area contributed by atoms with E-state index in [9.17, 15) is 9.59 Å². The number of hydrogen-bond acceptors (Lipinski definition) is 3. The third-order valence-corrected chi connectivity index (χ3v) is 3.39. The maximum Gasteiger partial charge on any atom is 0.323 e. The number of carboxylic acids is 1. The van der Waals surface area contributed by atoms with Crippen molar-refractivity contribution in [2.24, 2.45) is 5.92 Å². The lowest BCUT2D eigenvalue weighted by Crippen LogP contribution is -2.41. The zero-order valence-corrected chi connectivity index (χ0v) is 11.2. The summed E-state index contributed by atoms with van der Waals surface area (Å²) >= 11 is 0. The zero-order chi connectivity index (χ0) is 13.5. The molecule has 1 heterocycles. The van der Waals surface area contributed by atoms with Gasteiger partial charge in [0.2, 0.25) is 0 Å². The predicted octanol–water partition coefficient (Wildman–Crippen LogP) is 0.444. The fourth-order valence-corrected chi connectivity index (χ4v) is 2.14. The topological polar surface area (TPSA) is 72.9 Å². The number of aliphatic carboxylic acids is 1. The number of urea groups is 1. The van der Waals surface area contributed by atoms with Gasteiger partial charge in [0.05, 0.1) is 0 Å². The Hall–Kier alpha value is -1.30. The largest absolute Gasteiger partial charge is 0.480 e. The molecule has 1 aliphatic rings. The van der Waals surface area contributed by atoms with Crippen LogP contribution in [0.15, 0.2) is 0 Å². The number of rotatable bonds is 5. The molecule has 0 saturated carbocycles. The zero-order valence-electron chi connectivity index (χ0n) is 11.2. The number of carbonyl (C=O) groups excluding carboxylic acids is 1. The van der Waals surface area contributed by atoms with Gasteiger partial charge in [-0.3, -0.25) is 4.79 Å².